The van der Waals surface area contributed by atoms with E-state index in [0.717, 1.165) is 17.1 Å². The van der Waals surface area contributed by atoms with Gasteiger partial charge in [0.15, 0.2) is 0 Å². The number of halogens is 1. The molecule has 2 heteroatoms. The number of aryl methyl sites for hydroxylation is 1. The van der Waals surface area contributed by atoms with Gasteiger partial charge >= 0.3 is 0 Å². The fraction of sp³-hybridized carbons (Fsp3) is 0.571. The van der Waals surface area contributed by atoms with Crippen molar-refractivity contribution in [2.75, 3.05) is 6.54 Å². The van der Waals surface area contributed by atoms with Crippen molar-refractivity contribution < 1.29 is 0 Å². The molecule has 1 aliphatic carbocycles. The van der Waals surface area contributed by atoms with E-state index in [1.54, 1.807) is 0 Å². The second-order valence-electron chi connectivity index (χ2n) is 4.98. The Morgan fingerprint density at radius 3 is 2.56 bits per heavy atom. The van der Waals surface area contributed by atoms with E-state index in [9.17, 15) is 0 Å². The SMILES string of the molecule is Cc1cccc(C2(CN)CCCCC2)c1Cl. The van der Waals surface area contributed by atoms with Crippen LogP contribution < -0.4 is 5.73 Å². The first-order valence-electron chi connectivity index (χ1n) is 6.15. The average Bonchev–Trinajstić information content (AvgIpc) is 2.33. The minimum Gasteiger partial charge on any atom is -0.330 e. The quantitative estimate of drug-likeness (QED) is 0.832. The Labute approximate surface area is 103 Å². The first-order chi connectivity index (χ1) is 7.69. The lowest BCUT2D eigenvalue weighted by Gasteiger charge is -2.37. The van der Waals surface area contributed by atoms with Gasteiger partial charge in [-0.1, -0.05) is 49.1 Å². The zero-order valence-electron chi connectivity index (χ0n) is 9.93. The molecule has 2 rings (SSSR count). The number of rotatable bonds is 2. The van der Waals surface area contributed by atoms with Crippen molar-refractivity contribution in [2.45, 2.75) is 44.4 Å². The van der Waals surface area contributed by atoms with Crippen LogP contribution in [0.5, 0.6) is 0 Å². The van der Waals surface area contributed by atoms with Gasteiger partial charge in [0.2, 0.25) is 0 Å². The Balaban J connectivity index is 2.43. The lowest BCUT2D eigenvalue weighted by molar-refractivity contribution is 0.301. The summed E-state index contributed by atoms with van der Waals surface area (Å²) in [5.41, 5.74) is 8.61. The van der Waals surface area contributed by atoms with E-state index in [4.69, 9.17) is 17.3 Å². The van der Waals surface area contributed by atoms with Crippen molar-refractivity contribution in [3.8, 4) is 0 Å². The topological polar surface area (TPSA) is 26.0 Å². The van der Waals surface area contributed by atoms with Gasteiger partial charge in [0.25, 0.3) is 0 Å². The number of hydrogen-bond donors (Lipinski definition) is 1. The van der Waals surface area contributed by atoms with E-state index in [-0.39, 0.29) is 5.41 Å². The fourth-order valence-electron chi connectivity index (χ4n) is 2.87. The Hall–Kier alpha value is -0.530. The zero-order chi connectivity index (χ0) is 11.6. The van der Waals surface area contributed by atoms with Crippen LogP contribution in [-0.2, 0) is 5.41 Å². The van der Waals surface area contributed by atoms with Gasteiger partial charge in [-0.2, -0.15) is 0 Å². The third-order valence-corrected chi connectivity index (χ3v) is 4.47. The van der Waals surface area contributed by atoms with Crippen LogP contribution in [0, 0.1) is 6.92 Å². The molecule has 0 atom stereocenters. The number of hydrogen-bond acceptors (Lipinski definition) is 1. The number of nitrogens with two attached hydrogens (primary N) is 1. The lowest BCUT2D eigenvalue weighted by atomic mass is 9.69. The Morgan fingerprint density at radius 2 is 1.94 bits per heavy atom. The van der Waals surface area contributed by atoms with Gasteiger partial charge in [0.05, 0.1) is 0 Å². The summed E-state index contributed by atoms with van der Waals surface area (Å²) in [5, 5.41) is 0.926. The minimum absolute atomic E-state index is 0.140. The maximum absolute atomic E-state index is 6.44. The van der Waals surface area contributed by atoms with Gasteiger partial charge in [-0.15, -0.1) is 0 Å². The molecule has 0 saturated heterocycles. The molecular weight excluding hydrogens is 218 g/mol. The van der Waals surface area contributed by atoms with Crippen LogP contribution in [-0.4, -0.2) is 6.54 Å². The zero-order valence-corrected chi connectivity index (χ0v) is 10.7. The van der Waals surface area contributed by atoms with Crippen LogP contribution >= 0.6 is 11.6 Å². The summed E-state index contributed by atoms with van der Waals surface area (Å²) < 4.78 is 0. The van der Waals surface area contributed by atoms with Crippen molar-refractivity contribution in [3.05, 3.63) is 34.3 Å². The molecule has 1 aromatic carbocycles. The lowest BCUT2D eigenvalue weighted by Crippen LogP contribution is -2.37. The molecule has 0 heterocycles. The maximum atomic E-state index is 6.44. The maximum Gasteiger partial charge on any atom is 0.0473 e. The summed E-state index contributed by atoms with van der Waals surface area (Å²) >= 11 is 6.44. The molecule has 2 N–H and O–H groups in total. The molecule has 0 spiro atoms. The molecule has 0 aromatic heterocycles. The average molecular weight is 238 g/mol. The fourth-order valence-corrected chi connectivity index (χ4v) is 3.20. The van der Waals surface area contributed by atoms with E-state index in [2.05, 4.69) is 25.1 Å². The van der Waals surface area contributed by atoms with E-state index in [0.29, 0.717) is 0 Å². The molecule has 1 saturated carbocycles. The van der Waals surface area contributed by atoms with Gasteiger partial charge in [0, 0.05) is 17.0 Å². The second kappa shape index (κ2) is 4.77. The summed E-state index contributed by atoms with van der Waals surface area (Å²) in [4.78, 5) is 0. The standard InChI is InChI=1S/C14H20ClN/c1-11-6-5-7-12(13(11)15)14(10-16)8-3-2-4-9-14/h5-7H,2-4,8-10,16H2,1H3. The molecule has 1 aromatic rings. The predicted octanol–water partition coefficient (Wildman–Crippen LogP) is 3.81. The van der Waals surface area contributed by atoms with Gasteiger partial charge in [-0.3, -0.25) is 0 Å². The van der Waals surface area contributed by atoms with Crippen molar-refractivity contribution in [1.29, 1.82) is 0 Å². The Bertz CT molecular complexity index is 367. The third-order valence-electron chi connectivity index (χ3n) is 3.96. The van der Waals surface area contributed by atoms with Crippen LogP contribution in [0.1, 0.15) is 43.2 Å². The van der Waals surface area contributed by atoms with Crippen LogP contribution in [0.4, 0.5) is 0 Å². The molecule has 0 bridgehead atoms. The molecule has 16 heavy (non-hydrogen) atoms. The normalized spacial score (nSPS) is 19.7. The first-order valence-corrected chi connectivity index (χ1v) is 6.53. The summed E-state index contributed by atoms with van der Waals surface area (Å²) in [5.74, 6) is 0. The predicted molar refractivity (Wildman–Crippen MR) is 70.0 cm³/mol. The van der Waals surface area contributed by atoms with E-state index in [1.807, 2.05) is 0 Å². The first kappa shape index (κ1) is 11.9. The van der Waals surface area contributed by atoms with Crippen LogP contribution in [0.25, 0.3) is 0 Å². The van der Waals surface area contributed by atoms with Crippen LogP contribution in [0.3, 0.4) is 0 Å². The molecular formula is C14H20ClN. The molecule has 0 amide bonds. The second-order valence-corrected chi connectivity index (χ2v) is 5.36. The molecule has 0 aliphatic heterocycles. The minimum atomic E-state index is 0.140. The van der Waals surface area contributed by atoms with Crippen molar-refractivity contribution >= 4 is 11.6 Å². The number of benzene rings is 1. The summed E-state index contributed by atoms with van der Waals surface area (Å²) in [6, 6.07) is 6.33. The van der Waals surface area contributed by atoms with Gasteiger partial charge in [-0.25, -0.2) is 0 Å². The monoisotopic (exact) mass is 237 g/mol. The van der Waals surface area contributed by atoms with Crippen molar-refractivity contribution in [1.82, 2.24) is 0 Å². The van der Waals surface area contributed by atoms with Crippen molar-refractivity contribution in [3.63, 3.8) is 0 Å². The smallest absolute Gasteiger partial charge is 0.0473 e. The highest BCUT2D eigenvalue weighted by molar-refractivity contribution is 6.32. The highest BCUT2D eigenvalue weighted by Gasteiger charge is 2.34. The molecule has 1 nitrogen and oxygen atoms in total. The van der Waals surface area contributed by atoms with Crippen LogP contribution in [0.2, 0.25) is 5.02 Å². The van der Waals surface area contributed by atoms with Gasteiger partial charge in [0.1, 0.15) is 0 Å². The van der Waals surface area contributed by atoms with E-state index >= 15 is 0 Å². The highest BCUT2D eigenvalue weighted by atomic mass is 35.5. The van der Waals surface area contributed by atoms with Crippen molar-refractivity contribution in [2.24, 2.45) is 5.73 Å². The molecule has 1 aliphatic rings. The summed E-state index contributed by atoms with van der Waals surface area (Å²) in [6.45, 7) is 2.79. The Morgan fingerprint density at radius 1 is 1.25 bits per heavy atom. The molecule has 1 fully saturated rings. The molecule has 0 unspecified atom stereocenters. The molecule has 88 valence electrons. The highest BCUT2D eigenvalue weighted by Crippen LogP contribution is 2.42. The van der Waals surface area contributed by atoms with E-state index in [1.165, 1.54) is 37.7 Å². The largest absolute Gasteiger partial charge is 0.330 e. The van der Waals surface area contributed by atoms with Gasteiger partial charge < -0.3 is 5.73 Å². The summed E-state index contributed by atoms with van der Waals surface area (Å²) in [7, 11) is 0. The van der Waals surface area contributed by atoms with Crippen LogP contribution in [0.15, 0.2) is 18.2 Å². The summed E-state index contributed by atoms with van der Waals surface area (Å²) in [6.07, 6.45) is 6.27. The third kappa shape index (κ3) is 1.99. The van der Waals surface area contributed by atoms with Gasteiger partial charge in [-0.05, 0) is 30.9 Å². The Kier molecular flexibility index (Phi) is 3.56. The molecule has 0 radical (unpaired) electrons. The van der Waals surface area contributed by atoms with E-state index < -0.39 is 0 Å².